The average molecular weight is 366 g/mol. The Morgan fingerprint density at radius 2 is 1.24 bits per heavy atom. The fourth-order valence-corrected chi connectivity index (χ4v) is 4.07. The van der Waals surface area contributed by atoms with Crippen molar-refractivity contribution in [2.24, 2.45) is 0 Å². The molecule has 0 aromatic heterocycles. The van der Waals surface area contributed by atoms with Gasteiger partial charge in [0.15, 0.2) is 0 Å². The summed E-state index contributed by atoms with van der Waals surface area (Å²) in [6.45, 7) is 13.0. The number of aryl methyl sites for hydroxylation is 1. The Bertz CT molecular complexity index is 652. The Morgan fingerprint density at radius 1 is 0.762 bits per heavy atom. The van der Waals surface area contributed by atoms with Crippen molar-refractivity contribution in [3.63, 3.8) is 0 Å². The fourth-order valence-electron chi connectivity index (χ4n) is 2.99. The highest BCUT2D eigenvalue weighted by Crippen LogP contribution is 2.38. The first-order chi connectivity index (χ1) is 9.73. The maximum atomic E-state index is 6.86. The topological polar surface area (TPSA) is 0 Å². The molecule has 112 valence electrons. The van der Waals surface area contributed by atoms with Crippen LogP contribution in [0.1, 0.15) is 49.9 Å². The summed E-state index contributed by atoms with van der Waals surface area (Å²) in [7, 11) is 0. The Balaban J connectivity index is 2.66. The highest BCUT2D eigenvalue weighted by molar-refractivity contribution is 9.10. The van der Waals surface area contributed by atoms with Crippen LogP contribution in [-0.4, -0.2) is 0 Å². The van der Waals surface area contributed by atoms with Gasteiger partial charge in [0.25, 0.3) is 0 Å². The first-order valence-corrected chi connectivity index (χ1v) is 8.45. The standard InChI is InChI=1S/C19H22BrCl/c1-10-7-16(9-17(20)8-10)19(21)18-14(5)12(3)11(2)13(4)15(18)6/h7-9,19H,1-6H3. The van der Waals surface area contributed by atoms with Crippen molar-refractivity contribution in [3.8, 4) is 0 Å². The first-order valence-electron chi connectivity index (χ1n) is 7.22. The molecule has 0 amide bonds. The van der Waals surface area contributed by atoms with E-state index in [0.29, 0.717) is 0 Å². The third-order valence-electron chi connectivity index (χ3n) is 4.67. The molecule has 0 N–H and O–H groups in total. The third kappa shape index (κ3) is 3.05. The predicted molar refractivity (Wildman–Crippen MR) is 96.7 cm³/mol. The van der Waals surface area contributed by atoms with Gasteiger partial charge >= 0.3 is 0 Å². The molecule has 0 spiro atoms. The van der Waals surface area contributed by atoms with Crippen LogP contribution < -0.4 is 0 Å². The van der Waals surface area contributed by atoms with Crippen molar-refractivity contribution in [1.82, 2.24) is 0 Å². The van der Waals surface area contributed by atoms with E-state index >= 15 is 0 Å². The number of halogens is 2. The van der Waals surface area contributed by atoms with Crippen LogP contribution in [-0.2, 0) is 0 Å². The summed E-state index contributed by atoms with van der Waals surface area (Å²) in [6.07, 6.45) is 0. The van der Waals surface area contributed by atoms with Crippen LogP contribution in [0.2, 0.25) is 0 Å². The number of alkyl halides is 1. The molecule has 0 saturated heterocycles. The molecule has 0 heterocycles. The molecule has 0 fully saturated rings. The molecule has 0 aliphatic heterocycles. The van der Waals surface area contributed by atoms with Gasteiger partial charge in [-0.05, 0) is 98.2 Å². The van der Waals surface area contributed by atoms with Crippen LogP contribution in [0.5, 0.6) is 0 Å². The molecule has 2 rings (SSSR count). The van der Waals surface area contributed by atoms with Gasteiger partial charge < -0.3 is 0 Å². The second kappa shape index (κ2) is 6.14. The molecule has 1 unspecified atom stereocenters. The van der Waals surface area contributed by atoms with Crippen LogP contribution >= 0.6 is 27.5 Å². The summed E-state index contributed by atoms with van der Waals surface area (Å²) in [5.41, 5.74) is 10.3. The lowest BCUT2D eigenvalue weighted by molar-refractivity contribution is 1.03. The predicted octanol–water partition coefficient (Wildman–Crippen LogP) is 6.63. The Kier molecular flexibility index (Phi) is 4.85. The van der Waals surface area contributed by atoms with Crippen molar-refractivity contribution in [2.45, 2.75) is 46.9 Å². The van der Waals surface area contributed by atoms with Crippen molar-refractivity contribution < 1.29 is 0 Å². The molecule has 2 aromatic rings. The maximum Gasteiger partial charge on any atom is 0.0841 e. The van der Waals surface area contributed by atoms with Gasteiger partial charge in [-0.15, -0.1) is 11.6 Å². The molecule has 2 heteroatoms. The van der Waals surface area contributed by atoms with Gasteiger partial charge in [0.2, 0.25) is 0 Å². The van der Waals surface area contributed by atoms with Gasteiger partial charge in [0, 0.05) is 4.47 Å². The highest BCUT2D eigenvalue weighted by atomic mass is 79.9. The van der Waals surface area contributed by atoms with Gasteiger partial charge in [0.05, 0.1) is 5.38 Å². The fraction of sp³-hybridized carbons (Fsp3) is 0.368. The molecule has 0 bridgehead atoms. The molecule has 1 atom stereocenters. The van der Waals surface area contributed by atoms with E-state index in [2.05, 4.69) is 75.7 Å². The van der Waals surface area contributed by atoms with E-state index in [-0.39, 0.29) is 5.38 Å². The summed E-state index contributed by atoms with van der Waals surface area (Å²) in [6, 6.07) is 6.40. The Hall–Kier alpha value is -0.790. The van der Waals surface area contributed by atoms with Crippen LogP contribution in [0.3, 0.4) is 0 Å². The van der Waals surface area contributed by atoms with Crippen molar-refractivity contribution in [3.05, 3.63) is 67.2 Å². The molecule has 0 saturated carbocycles. The minimum Gasteiger partial charge on any atom is -0.113 e. The molecular weight excluding hydrogens is 344 g/mol. The van der Waals surface area contributed by atoms with Crippen molar-refractivity contribution in [1.29, 1.82) is 0 Å². The number of rotatable bonds is 2. The normalized spacial score (nSPS) is 12.6. The summed E-state index contributed by atoms with van der Waals surface area (Å²) in [5, 5.41) is -0.112. The zero-order valence-electron chi connectivity index (χ0n) is 13.6. The van der Waals surface area contributed by atoms with E-state index in [4.69, 9.17) is 11.6 Å². The van der Waals surface area contributed by atoms with Crippen LogP contribution in [0.25, 0.3) is 0 Å². The molecular formula is C19H22BrCl. The lowest BCUT2D eigenvalue weighted by atomic mass is 9.86. The van der Waals surface area contributed by atoms with Gasteiger partial charge in [-0.25, -0.2) is 0 Å². The van der Waals surface area contributed by atoms with E-state index in [9.17, 15) is 0 Å². The minimum atomic E-state index is -0.112. The monoisotopic (exact) mass is 364 g/mol. The minimum absolute atomic E-state index is 0.112. The molecule has 0 aliphatic rings. The van der Waals surface area contributed by atoms with Crippen LogP contribution in [0.4, 0.5) is 0 Å². The molecule has 21 heavy (non-hydrogen) atoms. The average Bonchev–Trinajstić information content (AvgIpc) is 2.42. The van der Waals surface area contributed by atoms with Gasteiger partial charge in [-0.3, -0.25) is 0 Å². The lowest BCUT2D eigenvalue weighted by Gasteiger charge is -2.22. The van der Waals surface area contributed by atoms with Gasteiger partial charge in [-0.1, -0.05) is 22.0 Å². The van der Waals surface area contributed by atoms with E-state index in [0.717, 1.165) is 10.0 Å². The summed E-state index contributed by atoms with van der Waals surface area (Å²) < 4.78 is 1.08. The summed E-state index contributed by atoms with van der Waals surface area (Å²) in [4.78, 5) is 0. The van der Waals surface area contributed by atoms with E-state index < -0.39 is 0 Å². The van der Waals surface area contributed by atoms with E-state index in [1.165, 1.54) is 38.9 Å². The van der Waals surface area contributed by atoms with Crippen LogP contribution in [0, 0.1) is 41.5 Å². The van der Waals surface area contributed by atoms with Gasteiger partial charge in [-0.2, -0.15) is 0 Å². The lowest BCUT2D eigenvalue weighted by Crippen LogP contribution is -2.06. The quantitative estimate of drug-likeness (QED) is 0.524. The number of benzene rings is 2. The van der Waals surface area contributed by atoms with Crippen LogP contribution in [0.15, 0.2) is 22.7 Å². The zero-order chi connectivity index (χ0) is 15.9. The van der Waals surface area contributed by atoms with Gasteiger partial charge in [0.1, 0.15) is 0 Å². The Morgan fingerprint density at radius 3 is 1.71 bits per heavy atom. The van der Waals surface area contributed by atoms with E-state index in [1.54, 1.807) is 0 Å². The van der Waals surface area contributed by atoms with Crippen molar-refractivity contribution >= 4 is 27.5 Å². The first kappa shape index (κ1) is 16.6. The molecule has 0 aliphatic carbocycles. The summed E-state index contributed by atoms with van der Waals surface area (Å²) in [5.74, 6) is 0. The zero-order valence-corrected chi connectivity index (χ0v) is 15.9. The SMILES string of the molecule is Cc1cc(Br)cc(C(Cl)c2c(C)c(C)c(C)c(C)c2C)c1. The second-order valence-corrected chi connectivity index (χ2v) is 7.32. The second-order valence-electron chi connectivity index (χ2n) is 5.96. The maximum absolute atomic E-state index is 6.86. The third-order valence-corrected chi connectivity index (χ3v) is 5.60. The molecule has 0 radical (unpaired) electrons. The number of hydrogen-bond donors (Lipinski definition) is 0. The number of hydrogen-bond acceptors (Lipinski definition) is 0. The Labute approximate surface area is 141 Å². The molecule has 0 nitrogen and oxygen atoms in total. The van der Waals surface area contributed by atoms with E-state index in [1.807, 2.05) is 0 Å². The summed E-state index contributed by atoms with van der Waals surface area (Å²) >= 11 is 10.4. The smallest absolute Gasteiger partial charge is 0.0841 e. The highest BCUT2D eigenvalue weighted by Gasteiger charge is 2.20. The largest absolute Gasteiger partial charge is 0.113 e. The molecule has 2 aromatic carbocycles. The van der Waals surface area contributed by atoms with Crippen molar-refractivity contribution in [2.75, 3.05) is 0 Å².